The van der Waals surface area contributed by atoms with Crippen molar-refractivity contribution in [2.45, 2.75) is 4.90 Å². The average molecular weight is 304 g/mol. The molecule has 0 aliphatic carbocycles. The highest BCUT2D eigenvalue weighted by Crippen LogP contribution is 2.19. The van der Waals surface area contributed by atoms with E-state index in [4.69, 9.17) is 14.8 Å². The monoisotopic (exact) mass is 304 g/mol. The molecule has 21 heavy (non-hydrogen) atoms. The predicted molar refractivity (Wildman–Crippen MR) is 83.9 cm³/mol. The van der Waals surface area contributed by atoms with Crippen LogP contribution in [0.4, 0.5) is 5.82 Å². The molecule has 110 valence electrons. The van der Waals surface area contributed by atoms with Crippen molar-refractivity contribution in [1.29, 1.82) is 0 Å². The molecule has 3 N–H and O–H groups in total. The fourth-order valence-electron chi connectivity index (χ4n) is 1.56. The second kappa shape index (κ2) is 7.37. The van der Waals surface area contributed by atoms with Gasteiger partial charge in [0.1, 0.15) is 0 Å². The van der Waals surface area contributed by atoms with Gasteiger partial charge in [0.15, 0.2) is 22.7 Å². The molecule has 0 bridgehead atoms. The number of aromatic nitrogens is 1. The minimum Gasteiger partial charge on any atom is -0.381 e. The van der Waals surface area contributed by atoms with Gasteiger partial charge in [0.25, 0.3) is 0 Å². The second-order valence-corrected chi connectivity index (χ2v) is 5.01. The Morgan fingerprint density at radius 3 is 2.05 bits per heavy atom. The molecule has 0 saturated heterocycles. The van der Waals surface area contributed by atoms with Crippen molar-refractivity contribution in [3.05, 3.63) is 66.7 Å². The normalized spacial score (nSPS) is 11.3. The number of anilines is 1. The van der Waals surface area contributed by atoms with E-state index in [1.54, 1.807) is 36.4 Å². The lowest BCUT2D eigenvalue weighted by Crippen LogP contribution is -1.84. The quantitative estimate of drug-likeness (QED) is 0.708. The Morgan fingerprint density at radius 1 is 1.05 bits per heavy atom. The van der Waals surface area contributed by atoms with Crippen LogP contribution in [-0.2, 0) is 11.1 Å². The number of rotatable bonds is 2. The summed E-state index contributed by atoms with van der Waals surface area (Å²) in [4.78, 5) is 0.442. The minimum absolute atomic E-state index is 0. The number of hydrogen-bond donors (Lipinski definition) is 2. The zero-order valence-corrected chi connectivity index (χ0v) is 11.9. The summed E-state index contributed by atoms with van der Waals surface area (Å²) < 4.78 is 23.8. The van der Waals surface area contributed by atoms with E-state index in [0.29, 0.717) is 16.5 Å². The van der Waals surface area contributed by atoms with Gasteiger partial charge in [-0.1, -0.05) is 53.7 Å². The highest BCUT2D eigenvalue weighted by molar-refractivity contribution is 7.79. The van der Waals surface area contributed by atoms with Gasteiger partial charge in [-0.3, -0.25) is 0 Å². The lowest BCUT2D eigenvalue weighted by atomic mass is 10.2. The SMILES string of the molecule is Nc1cc(-c2ccccc2)on1.O=S(O)c1ccccc1.[HH]. The smallest absolute Gasteiger partial charge is 0.186 e. The van der Waals surface area contributed by atoms with Crippen molar-refractivity contribution in [2.75, 3.05) is 5.73 Å². The van der Waals surface area contributed by atoms with Crippen molar-refractivity contribution < 1.29 is 14.7 Å². The molecule has 1 heterocycles. The van der Waals surface area contributed by atoms with E-state index in [0.717, 1.165) is 5.56 Å². The Kier molecular flexibility index (Phi) is 5.25. The fourth-order valence-corrected chi connectivity index (χ4v) is 1.95. The first-order valence-electron chi connectivity index (χ1n) is 6.10. The van der Waals surface area contributed by atoms with E-state index in [1.807, 2.05) is 30.3 Å². The van der Waals surface area contributed by atoms with E-state index in [-0.39, 0.29) is 1.43 Å². The molecule has 6 heteroatoms. The van der Waals surface area contributed by atoms with Gasteiger partial charge in [-0.2, -0.15) is 0 Å². The predicted octanol–water partition coefficient (Wildman–Crippen LogP) is 3.44. The summed E-state index contributed by atoms with van der Waals surface area (Å²) in [6.45, 7) is 0. The molecular formula is C15H16N2O3S. The van der Waals surface area contributed by atoms with E-state index < -0.39 is 11.1 Å². The van der Waals surface area contributed by atoms with Gasteiger partial charge in [-0.15, -0.1) is 0 Å². The first kappa shape index (κ1) is 15.0. The summed E-state index contributed by atoms with van der Waals surface area (Å²) in [5.41, 5.74) is 6.40. The molecule has 0 aliphatic heterocycles. The third-order valence-electron chi connectivity index (χ3n) is 2.53. The first-order valence-corrected chi connectivity index (χ1v) is 7.21. The topological polar surface area (TPSA) is 89.4 Å². The van der Waals surface area contributed by atoms with E-state index in [9.17, 15) is 4.21 Å². The van der Waals surface area contributed by atoms with Gasteiger partial charge in [-0.05, 0) is 12.1 Å². The van der Waals surface area contributed by atoms with Crippen LogP contribution in [0.3, 0.4) is 0 Å². The lowest BCUT2D eigenvalue weighted by Gasteiger charge is -1.90. The molecule has 0 amide bonds. The zero-order valence-electron chi connectivity index (χ0n) is 11.0. The van der Waals surface area contributed by atoms with Gasteiger partial charge >= 0.3 is 0 Å². The summed E-state index contributed by atoms with van der Waals surface area (Å²) in [6.07, 6.45) is 0. The molecule has 0 fully saturated rings. The van der Waals surface area contributed by atoms with Crippen LogP contribution in [0.15, 0.2) is 76.1 Å². The molecule has 5 nitrogen and oxygen atoms in total. The summed E-state index contributed by atoms with van der Waals surface area (Å²) in [5, 5.41) is 3.60. The Hall–Kier alpha value is -2.44. The molecule has 0 saturated carbocycles. The molecule has 0 radical (unpaired) electrons. The maximum atomic E-state index is 10.3. The van der Waals surface area contributed by atoms with Crippen molar-refractivity contribution in [3.8, 4) is 11.3 Å². The van der Waals surface area contributed by atoms with Gasteiger partial charge in [0, 0.05) is 13.1 Å². The molecule has 1 atom stereocenters. The second-order valence-electron chi connectivity index (χ2n) is 4.04. The van der Waals surface area contributed by atoms with E-state index in [1.165, 1.54) is 0 Å². The van der Waals surface area contributed by atoms with Crippen molar-refractivity contribution in [3.63, 3.8) is 0 Å². The molecule has 1 aromatic heterocycles. The molecule has 0 spiro atoms. The fraction of sp³-hybridized carbons (Fsp3) is 0. The molecule has 3 aromatic rings. The highest BCUT2D eigenvalue weighted by Gasteiger charge is 2.01. The molecule has 0 aliphatic rings. The third-order valence-corrected chi connectivity index (χ3v) is 3.21. The summed E-state index contributed by atoms with van der Waals surface area (Å²) in [7, 11) is 0. The molecular weight excluding hydrogens is 288 g/mol. The zero-order chi connectivity index (χ0) is 15.1. The van der Waals surface area contributed by atoms with Crippen LogP contribution < -0.4 is 5.73 Å². The molecule has 3 rings (SSSR count). The van der Waals surface area contributed by atoms with Crippen LogP contribution in [0.1, 0.15) is 1.43 Å². The van der Waals surface area contributed by atoms with Crippen LogP contribution in [-0.4, -0.2) is 13.9 Å². The third kappa shape index (κ3) is 4.55. The minimum atomic E-state index is -1.83. The Morgan fingerprint density at radius 2 is 1.62 bits per heavy atom. The van der Waals surface area contributed by atoms with Crippen molar-refractivity contribution >= 4 is 16.9 Å². The van der Waals surface area contributed by atoms with Gasteiger partial charge in [0.05, 0.1) is 4.90 Å². The van der Waals surface area contributed by atoms with E-state index in [2.05, 4.69) is 5.16 Å². The highest BCUT2D eigenvalue weighted by atomic mass is 32.2. The first-order chi connectivity index (χ1) is 10.2. The van der Waals surface area contributed by atoms with Crippen LogP contribution >= 0.6 is 0 Å². The molecule has 2 aromatic carbocycles. The van der Waals surface area contributed by atoms with Crippen LogP contribution in [0.2, 0.25) is 0 Å². The van der Waals surface area contributed by atoms with Crippen LogP contribution in [0.5, 0.6) is 0 Å². The molecule has 1 unspecified atom stereocenters. The lowest BCUT2D eigenvalue weighted by molar-refractivity contribution is 0.436. The van der Waals surface area contributed by atoms with Gasteiger partial charge < -0.3 is 14.8 Å². The van der Waals surface area contributed by atoms with Crippen molar-refractivity contribution in [1.82, 2.24) is 5.16 Å². The summed E-state index contributed by atoms with van der Waals surface area (Å²) >= 11 is -1.83. The Labute approximate surface area is 126 Å². The number of nitrogens with two attached hydrogens (primary N) is 1. The number of nitrogens with zero attached hydrogens (tertiary/aromatic N) is 1. The van der Waals surface area contributed by atoms with Crippen LogP contribution in [0.25, 0.3) is 11.3 Å². The maximum absolute atomic E-state index is 10.3. The van der Waals surface area contributed by atoms with Gasteiger partial charge in [0.2, 0.25) is 0 Å². The average Bonchev–Trinajstić information content (AvgIpc) is 2.96. The maximum Gasteiger partial charge on any atom is 0.186 e. The number of benzene rings is 2. The van der Waals surface area contributed by atoms with E-state index >= 15 is 0 Å². The van der Waals surface area contributed by atoms with Gasteiger partial charge in [-0.25, -0.2) is 4.21 Å². The number of nitrogen functional groups attached to an aromatic ring is 1. The van der Waals surface area contributed by atoms with Crippen LogP contribution in [0, 0.1) is 0 Å². The Bertz CT molecular complexity index is 705. The summed E-state index contributed by atoms with van der Waals surface area (Å²) in [6, 6.07) is 19.9. The number of hydrogen-bond acceptors (Lipinski definition) is 4. The summed E-state index contributed by atoms with van der Waals surface area (Å²) in [5.74, 6) is 1.11. The largest absolute Gasteiger partial charge is 0.381 e. The Balaban J connectivity index is 0.000000219. The standard InChI is InChI=1S/C9H8N2O.C6H6O2S.H2/c10-9-6-8(12-11-9)7-4-2-1-3-5-7;7-9(8)6-4-2-1-3-5-6;/h1-6H,(H2,10,11);1-5H,(H,7,8);1H. The van der Waals surface area contributed by atoms with Crippen molar-refractivity contribution in [2.24, 2.45) is 0 Å².